The third kappa shape index (κ3) is 6.32. The standard InChI is InChI=1S/C20H25BrN2O4S/c1-4-11-22-28(25,26)18-9-10-19(14(2)12-18)27-13-20(24)23-15(3)16-5-7-17(21)8-6-16/h5-10,12,15,22H,4,11,13H2,1-3H3,(H,23,24)/t15-/m0/s1. The van der Waals surface area contributed by atoms with Crippen molar-refractivity contribution < 1.29 is 17.9 Å². The molecule has 1 amide bonds. The van der Waals surface area contributed by atoms with Gasteiger partial charge in [-0.25, -0.2) is 13.1 Å². The van der Waals surface area contributed by atoms with E-state index >= 15 is 0 Å². The minimum absolute atomic E-state index is 0.151. The second-order valence-electron chi connectivity index (χ2n) is 6.45. The lowest BCUT2D eigenvalue weighted by molar-refractivity contribution is -0.123. The van der Waals surface area contributed by atoms with Gasteiger partial charge in [0.1, 0.15) is 5.75 Å². The summed E-state index contributed by atoms with van der Waals surface area (Å²) in [6.07, 6.45) is 0.715. The molecule has 0 spiro atoms. The van der Waals surface area contributed by atoms with Gasteiger partial charge in [-0.15, -0.1) is 0 Å². The van der Waals surface area contributed by atoms with Crippen LogP contribution in [0.1, 0.15) is 37.4 Å². The molecular formula is C20H25BrN2O4S. The van der Waals surface area contributed by atoms with Gasteiger partial charge in [0.15, 0.2) is 6.61 Å². The molecule has 2 rings (SSSR count). The van der Waals surface area contributed by atoms with Crippen molar-refractivity contribution in [1.82, 2.24) is 10.0 Å². The Morgan fingerprint density at radius 1 is 1.18 bits per heavy atom. The summed E-state index contributed by atoms with van der Waals surface area (Å²) in [5.41, 5.74) is 1.63. The minimum Gasteiger partial charge on any atom is -0.484 e. The first-order valence-electron chi connectivity index (χ1n) is 9.01. The van der Waals surface area contributed by atoms with Crippen molar-refractivity contribution >= 4 is 31.9 Å². The highest BCUT2D eigenvalue weighted by Gasteiger charge is 2.15. The normalized spacial score (nSPS) is 12.4. The summed E-state index contributed by atoms with van der Waals surface area (Å²) in [5.74, 6) is 0.219. The Balaban J connectivity index is 1.94. The molecule has 0 radical (unpaired) electrons. The Bertz CT molecular complexity index is 914. The van der Waals surface area contributed by atoms with Crippen molar-refractivity contribution in [3.05, 3.63) is 58.1 Å². The number of carbonyl (C=O) groups is 1. The number of amides is 1. The maximum Gasteiger partial charge on any atom is 0.258 e. The van der Waals surface area contributed by atoms with Crippen LogP contribution in [0.25, 0.3) is 0 Å². The van der Waals surface area contributed by atoms with Crippen molar-refractivity contribution in [2.75, 3.05) is 13.2 Å². The largest absolute Gasteiger partial charge is 0.484 e. The number of aryl methyl sites for hydroxylation is 1. The van der Waals surface area contributed by atoms with Gasteiger partial charge in [0.05, 0.1) is 10.9 Å². The summed E-state index contributed by atoms with van der Waals surface area (Å²) >= 11 is 3.38. The highest BCUT2D eigenvalue weighted by atomic mass is 79.9. The van der Waals surface area contributed by atoms with Crippen LogP contribution in [0.2, 0.25) is 0 Å². The van der Waals surface area contributed by atoms with Gasteiger partial charge in [-0.1, -0.05) is 35.0 Å². The summed E-state index contributed by atoms with van der Waals surface area (Å²) in [7, 11) is -3.53. The Morgan fingerprint density at radius 2 is 1.86 bits per heavy atom. The van der Waals surface area contributed by atoms with Crippen molar-refractivity contribution in [1.29, 1.82) is 0 Å². The van der Waals surface area contributed by atoms with Crippen LogP contribution in [-0.4, -0.2) is 27.5 Å². The molecule has 0 bridgehead atoms. The Morgan fingerprint density at radius 3 is 2.46 bits per heavy atom. The molecule has 0 aromatic heterocycles. The fourth-order valence-electron chi connectivity index (χ4n) is 2.53. The molecule has 6 nitrogen and oxygen atoms in total. The first-order chi connectivity index (χ1) is 13.2. The number of hydrogen-bond acceptors (Lipinski definition) is 4. The molecule has 2 aromatic rings. The van der Waals surface area contributed by atoms with Gasteiger partial charge in [-0.05, 0) is 61.7 Å². The van der Waals surface area contributed by atoms with Gasteiger partial charge in [0.2, 0.25) is 10.0 Å². The number of hydrogen-bond donors (Lipinski definition) is 2. The lowest BCUT2D eigenvalue weighted by atomic mass is 10.1. The van der Waals surface area contributed by atoms with Gasteiger partial charge in [0, 0.05) is 11.0 Å². The molecule has 0 heterocycles. The predicted molar refractivity (Wildman–Crippen MR) is 113 cm³/mol. The smallest absolute Gasteiger partial charge is 0.258 e. The fraction of sp³-hybridized carbons (Fsp3) is 0.350. The van der Waals surface area contributed by atoms with E-state index in [0.29, 0.717) is 24.3 Å². The quantitative estimate of drug-likeness (QED) is 0.587. The third-order valence-corrected chi connectivity index (χ3v) is 6.09. The Hall–Kier alpha value is -1.90. The third-order valence-electron chi connectivity index (χ3n) is 4.11. The monoisotopic (exact) mass is 468 g/mol. The summed E-state index contributed by atoms with van der Waals surface area (Å²) in [6.45, 7) is 5.78. The predicted octanol–water partition coefficient (Wildman–Crippen LogP) is 3.70. The lowest BCUT2D eigenvalue weighted by Crippen LogP contribution is -2.31. The van der Waals surface area contributed by atoms with Gasteiger partial charge < -0.3 is 10.1 Å². The van der Waals surface area contributed by atoms with E-state index in [4.69, 9.17) is 4.74 Å². The SMILES string of the molecule is CCCNS(=O)(=O)c1ccc(OCC(=O)N[C@@H](C)c2ccc(Br)cc2)c(C)c1. The van der Waals surface area contributed by atoms with Crippen LogP contribution in [0.3, 0.4) is 0 Å². The van der Waals surface area contributed by atoms with E-state index in [9.17, 15) is 13.2 Å². The topological polar surface area (TPSA) is 84.5 Å². The number of ether oxygens (including phenoxy) is 1. The number of benzene rings is 2. The maximum absolute atomic E-state index is 12.2. The molecular weight excluding hydrogens is 444 g/mol. The van der Waals surface area contributed by atoms with Gasteiger partial charge in [0.25, 0.3) is 5.91 Å². The zero-order chi connectivity index (χ0) is 20.7. The van der Waals surface area contributed by atoms with Crippen LogP contribution in [0.4, 0.5) is 0 Å². The van der Waals surface area contributed by atoms with E-state index in [1.807, 2.05) is 38.1 Å². The van der Waals surface area contributed by atoms with Crippen LogP contribution in [0, 0.1) is 6.92 Å². The zero-order valence-electron chi connectivity index (χ0n) is 16.2. The highest BCUT2D eigenvalue weighted by molar-refractivity contribution is 9.10. The van der Waals surface area contributed by atoms with Crippen LogP contribution in [-0.2, 0) is 14.8 Å². The average molecular weight is 469 g/mol. The van der Waals surface area contributed by atoms with E-state index in [1.165, 1.54) is 12.1 Å². The summed E-state index contributed by atoms with van der Waals surface area (Å²) in [4.78, 5) is 12.4. The number of halogens is 1. The van der Waals surface area contributed by atoms with E-state index in [-0.39, 0.29) is 23.5 Å². The molecule has 28 heavy (non-hydrogen) atoms. The van der Waals surface area contributed by atoms with Gasteiger partial charge >= 0.3 is 0 Å². The Labute approximate surface area is 174 Å². The second kappa shape index (κ2) is 10.0. The van der Waals surface area contributed by atoms with Crippen LogP contribution >= 0.6 is 15.9 Å². The molecule has 0 unspecified atom stereocenters. The number of rotatable bonds is 9. The molecule has 2 aromatic carbocycles. The minimum atomic E-state index is -3.53. The molecule has 0 aliphatic rings. The fourth-order valence-corrected chi connectivity index (χ4v) is 4.01. The first kappa shape index (κ1) is 22.4. The van der Waals surface area contributed by atoms with Crippen molar-refractivity contribution in [2.24, 2.45) is 0 Å². The number of carbonyl (C=O) groups excluding carboxylic acids is 1. The molecule has 8 heteroatoms. The van der Waals surface area contributed by atoms with Crippen molar-refractivity contribution in [3.63, 3.8) is 0 Å². The summed E-state index contributed by atoms with van der Waals surface area (Å²) < 4.78 is 33.4. The number of sulfonamides is 1. The number of nitrogens with one attached hydrogen (secondary N) is 2. The molecule has 1 atom stereocenters. The first-order valence-corrected chi connectivity index (χ1v) is 11.3. The molecule has 152 valence electrons. The van der Waals surface area contributed by atoms with E-state index in [1.54, 1.807) is 13.0 Å². The van der Waals surface area contributed by atoms with Crippen molar-refractivity contribution in [2.45, 2.75) is 38.1 Å². The average Bonchev–Trinajstić information content (AvgIpc) is 2.65. The highest BCUT2D eigenvalue weighted by Crippen LogP contribution is 2.22. The Kier molecular flexibility index (Phi) is 8.03. The van der Waals surface area contributed by atoms with Crippen LogP contribution < -0.4 is 14.8 Å². The lowest BCUT2D eigenvalue weighted by Gasteiger charge is -2.16. The molecule has 0 aliphatic carbocycles. The second-order valence-corrected chi connectivity index (χ2v) is 9.14. The van der Waals surface area contributed by atoms with E-state index < -0.39 is 10.0 Å². The maximum atomic E-state index is 12.2. The summed E-state index contributed by atoms with van der Waals surface area (Å²) in [5, 5.41) is 2.88. The molecule has 0 fully saturated rings. The van der Waals surface area contributed by atoms with Crippen LogP contribution in [0.5, 0.6) is 5.75 Å². The van der Waals surface area contributed by atoms with Crippen LogP contribution in [0.15, 0.2) is 51.8 Å². The van der Waals surface area contributed by atoms with E-state index in [2.05, 4.69) is 26.0 Å². The molecule has 0 saturated carbocycles. The van der Waals surface area contributed by atoms with Crippen molar-refractivity contribution in [3.8, 4) is 5.75 Å². The van der Waals surface area contributed by atoms with Gasteiger partial charge in [-0.2, -0.15) is 0 Å². The molecule has 0 saturated heterocycles. The van der Waals surface area contributed by atoms with Gasteiger partial charge in [-0.3, -0.25) is 4.79 Å². The zero-order valence-corrected chi connectivity index (χ0v) is 18.6. The van der Waals surface area contributed by atoms with E-state index in [0.717, 1.165) is 10.0 Å². The summed E-state index contributed by atoms with van der Waals surface area (Å²) in [6, 6.07) is 12.1. The molecule has 0 aliphatic heterocycles. The molecule has 2 N–H and O–H groups in total.